The van der Waals surface area contributed by atoms with E-state index < -0.39 is 10.0 Å². The van der Waals surface area contributed by atoms with Crippen LogP contribution in [0.15, 0.2) is 12.1 Å². The quantitative estimate of drug-likeness (QED) is 0.882. The van der Waals surface area contributed by atoms with Gasteiger partial charge in [0, 0.05) is 6.04 Å². The Bertz CT molecular complexity index is 492. The molecule has 0 fully saturated rings. The zero-order valence-electron chi connectivity index (χ0n) is 10.5. The Morgan fingerprint density at radius 2 is 1.56 bits per heavy atom. The minimum Gasteiger partial charge on any atom is -0.213 e. The average Bonchev–Trinajstić information content (AvgIpc) is 2.08. The molecule has 0 unspecified atom stereocenters. The van der Waals surface area contributed by atoms with Gasteiger partial charge in [-0.25, -0.2) is 13.1 Å². The summed E-state index contributed by atoms with van der Waals surface area (Å²) in [6, 6.07) is 3.95. The number of nitrogens with one attached hydrogen (secondary N) is 1. The molecular weight excluding hydrogens is 222 g/mol. The van der Waals surface area contributed by atoms with Crippen LogP contribution in [0.5, 0.6) is 0 Å². The lowest BCUT2D eigenvalue weighted by Gasteiger charge is -2.17. The van der Waals surface area contributed by atoms with Crippen LogP contribution in [0, 0.1) is 20.8 Å². The van der Waals surface area contributed by atoms with E-state index in [1.54, 1.807) is 0 Å². The van der Waals surface area contributed by atoms with Gasteiger partial charge in [-0.15, -0.1) is 0 Å². The van der Waals surface area contributed by atoms with E-state index in [1.165, 1.54) is 17.4 Å². The Morgan fingerprint density at radius 3 is 2.06 bits per heavy atom. The van der Waals surface area contributed by atoms with E-state index in [0.29, 0.717) is 0 Å². The van der Waals surface area contributed by atoms with Crippen molar-refractivity contribution in [3.8, 4) is 0 Å². The molecule has 0 saturated heterocycles. The third-order valence-electron chi connectivity index (χ3n) is 2.74. The molecule has 0 aliphatic rings. The number of aryl methyl sites for hydroxylation is 3. The summed E-state index contributed by atoms with van der Waals surface area (Å²) in [6.07, 6.45) is 1.18. The first-order chi connectivity index (χ1) is 7.20. The van der Waals surface area contributed by atoms with Gasteiger partial charge in [-0.2, -0.15) is 0 Å². The first-order valence-electron chi connectivity index (χ1n) is 5.26. The van der Waals surface area contributed by atoms with Crippen LogP contribution in [0.3, 0.4) is 0 Å². The summed E-state index contributed by atoms with van der Waals surface area (Å²) in [5, 5.41) is 0. The van der Waals surface area contributed by atoms with E-state index in [9.17, 15) is 8.42 Å². The van der Waals surface area contributed by atoms with Crippen LogP contribution >= 0.6 is 0 Å². The van der Waals surface area contributed by atoms with Gasteiger partial charge in [-0.05, 0) is 49.9 Å². The molecule has 1 N–H and O–H groups in total. The number of rotatable bonds is 3. The Balaban J connectivity index is 3.09. The first-order valence-corrected chi connectivity index (χ1v) is 7.15. The number of benzene rings is 1. The summed E-state index contributed by atoms with van der Waals surface area (Å²) in [7, 11) is -3.16. The third kappa shape index (κ3) is 3.32. The van der Waals surface area contributed by atoms with Crippen LogP contribution in [0.25, 0.3) is 0 Å². The lowest BCUT2D eigenvalue weighted by atomic mass is 9.97. The van der Waals surface area contributed by atoms with Crippen LogP contribution < -0.4 is 4.72 Å². The molecule has 90 valence electrons. The van der Waals surface area contributed by atoms with Crippen molar-refractivity contribution in [2.24, 2.45) is 0 Å². The molecule has 0 aromatic heterocycles. The second-order valence-corrected chi connectivity index (χ2v) is 6.18. The van der Waals surface area contributed by atoms with Crippen molar-refractivity contribution >= 4 is 10.0 Å². The summed E-state index contributed by atoms with van der Waals surface area (Å²) in [5.41, 5.74) is 4.57. The second-order valence-electron chi connectivity index (χ2n) is 4.40. The number of hydrogen-bond acceptors (Lipinski definition) is 2. The summed E-state index contributed by atoms with van der Waals surface area (Å²) in [5.74, 6) is 0. The van der Waals surface area contributed by atoms with Gasteiger partial charge < -0.3 is 0 Å². The molecule has 0 heterocycles. The highest BCUT2D eigenvalue weighted by Gasteiger charge is 2.13. The maximum atomic E-state index is 11.2. The van der Waals surface area contributed by atoms with Gasteiger partial charge in [0.2, 0.25) is 10.0 Å². The number of sulfonamides is 1. The first kappa shape index (κ1) is 13.2. The van der Waals surface area contributed by atoms with Gasteiger partial charge >= 0.3 is 0 Å². The maximum Gasteiger partial charge on any atom is 0.209 e. The van der Waals surface area contributed by atoms with Gasteiger partial charge in [-0.1, -0.05) is 12.1 Å². The lowest BCUT2D eigenvalue weighted by molar-refractivity contribution is 0.572. The lowest BCUT2D eigenvalue weighted by Crippen LogP contribution is -2.26. The molecule has 0 aliphatic heterocycles. The summed E-state index contributed by atoms with van der Waals surface area (Å²) < 4.78 is 24.9. The van der Waals surface area contributed by atoms with Crippen LogP contribution in [-0.4, -0.2) is 14.7 Å². The highest BCUT2D eigenvalue weighted by atomic mass is 32.2. The van der Waals surface area contributed by atoms with Crippen molar-refractivity contribution in [2.45, 2.75) is 33.7 Å². The van der Waals surface area contributed by atoms with Crippen molar-refractivity contribution in [3.63, 3.8) is 0 Å². The largest absolute Gasteiger partial charge is 0.213 e. The van der Waals surface area contributed by atoms with Crippen LogP contribution in [0.4, 0.5) is 0 Å². The van der Waals surface area contributed by atoms with Crippen molar-refractivity contribution in [1.82, 2.24) is 4.72 Å². The Kier molecular flexibility index (Phi) is 3.76. The molecule has 0 bridgehead atoms. The molecule has 1 aromatic carbocycles. The van der Waals surface area contributed by atoms with Gasteiger partial charge in [0.15, 0.2) is 0 Å². The van der Waals surface area contributed by atoms with Crippen molar-refractivity contribution in [1.29, 1.82) is 0 Å². The molecule has 3 nitrogen and oxygen atoms in total. The normalized spacial score (nSPS) is 13.8. The Hall–Kier alpha value is -0.870. The van der Waals surface area contributed by atoms with Gasteiger partial charge in [0.05, 0.1) is 6.26 Å². The maximum absolute atomic E-state index is 11.2. The summed E-state index contributed by atoms with van der Waals surface area (Å²) in [6.45, 7) is 7.95. The predicted octanol–water partition coefficient (Wildman–Crippen LogP) is 2.22. The number of hydrogen-bond donors (Lipinski definition) is 1. The Morgan fingerprint density at radius 1 is 1.06 bits per heavy atom. The van der Waals surface area contributed by atoms with E-state index in [4.69, 9.17) is 0 Å². The van der Waals surface area contributed by atoms with Crippen LogP contribution in [0.2, 0.25) is 0 Å². The molecule has 0 aliphatic carbocycles. The van der Waals surface area contributed by atoms with E-state index in [-0.39, 0.29) is 6.04 Å². The molecule has 16 heavy (non-hydrogen) atoms. The molecular formula is C12H19NO2S. The molecule has 0 amide bonds. The highest BCUT2D eigenvalue weighted by Crippen LogP contribution is 2.21. The standard InChI is InChI=1S/C12H19NO2S/c1-8-6-10(3)12(7-9(8)2)11(4)13-16(5,14)15/h6-7,11,13H,1-5H3/t11-/m0/s1. The molecule has 0 saturated carbocycles. The van der Waals surface area contributed by atoms with E-state index in [0.717, 1.165) is 11.1 Å². The Labute approximate surface area is 97.9 Å². The smallest absolute Gasteiger partial charge is 0.209 e. The minimum absolute atomic E-state index is 0.186. The predicted molar refractivity (Wildman–Crippen MR) is 67.0 cm³/mol. The highest BCUT2D eigenvalue weighted by molar-refractivity contribution is 7.88. The molecule has 1 rings (SSSR count). The fourth-order valence-electron chi connectivity index (χ4n) is 1.83. The zero-order valence-corrected chi connectivity index (χ0v) is 11.3. The minimum atomic E-state index is -3.16. The van der Waals surface area contributed by atoms with Crippen molar-refractivity contribution in [3.05, 3.63) is 34.4 Å². The molecule has 4 heteroatoms. The van der Waals surface area contributed by atoms with Crippen molar-refractivity contribution < 1.29 is 8.42 Å². The van der Waals surface area contributed by atoms with Gasteiger partial charge in [-0.3, -0.25) is 0 Å². The monoisotopic (exact) mass is 241 g/mol. The van der Waals surface area contributed by atoms with Gasteiger partial charge in [0.25, 0.3) is 0 Å². The second kappa shape index (κ2) is 4.55. The van der Waals surface area contributed by atoms with Crippen LogP contribution in [-0.2, 0) is 10.0 Å². The zero-order chi connectivity index (χ0) is 12.5. The summed E-state index contributed by atoms with van der Waals surface area (Å²) >= 11 is 0. The SMILES string of the molecule is Cc1cc(C)c([C@H](C)NS(C)(=O)=O)cc1C. The third-order valence-corrected chi connectivity index (χ3v) is 3.52. The van der Waals surface area contributed by atoms with E-state index in [1.807, 2.05) is 26.8 Å². The average molecular weight is 241 g/mol. The van der Waals surface area contributed by atoms with E-state index >= 15 is 0 Å². The van der Waals surface area contributed by atoms with E-state index in [2.05, 4.69) is 17.7 Å². The van der Waals surface area contributed by atoms with Crippen LogP contribution in [0.1, 0.15) is 35.2 Å². The molecule has 0 radical (unpaired) electrons. The fourth-order valence-corrected chi connectivity index (χ4v) is 2.60. The molecule has 0 spiro atoms. The summed E-state index contributed by atoms with van der Waals surface area (Å²) in [4.78, 5) is 0. The van der Waals surface area contributed by atoms with Crippen molar-refractivity contribution in [2.75, 3.05) is 6.26 Å². The van der Waals surface area contributed by atoms with Gasteiger partial charge in [0.1, 0.15) is 0 Å². The topological polar surface area (TPSA) is 46.2 Å². The molecule has 1 aromatic rings. The fraction of sp³-hybridized carbons (Fsp3) is 0.500. The molecule has 1 atom stereocenters.